The molecule has 1 aromatic carbocycles. The maximum Gasteiger partial charge on any atom is 0.263 e. The van der Waals surface area contributed by atoms with Crippen LogP contribution in [0.3, 0.4) is 0 Å². The molecule has 1 aliphatic carbocycles. The van der Waals surface area contributed by atoms with E-state index < -0.39 is 0 Å². The van der Waals surface area contributed by atoms with Gasteiger partial charge in [-0.25, -0.2) is 0 Å². The number of hydrogen-bond donors (Lipinski definition) is 2. The minimum atomic E-state index is -0.229. The molecule has 0 bridgehead atoms. The van der Waals surface area contributed by atoms with E-state index in [-0.39, 0.29) is 17.9 Å². The standard InChI is InChI=1S/C22H28N4O3/c1-15-14-25(18-9-4-5-10-19(18)26(15)16(2)27)22(28)21-17(24)8-3-6-11-20(21)29-13-7-12-23/h3-6,9-11,15H,7-8,12-14,23-24H2,1-2H3. The van der Waals surface area contributed by atoms with E-state index in [9.17, 15) is 9.59 Å². The second kappa shape index (κ2) is 8.96. The molecule has 0 saturated carbocycles. The Morgan fingerprint density at radius 1 is 1.24 bits per heavy atom. The van der Waals surface area contributed by atoms with Crippen molar-refractivity contribution in [1.82, 2.24) is 0 Å². The van der Waals surface area contributed by atoms with Crippen molar-refractivity contribution in [3.05, 3.63) is 59.5 Å². The van der Waals surface area contributed by atoms with Crippen molar-refractivity contribution >= 4 is 23.2 Å². The van der Waals surface area contributed by atoms with Gasteiger partial charge in [-0.15, -0.1) is 0 Å². The zero-order valence-corrected chi connectivity index (χ0v) is 16.9. The summed E-state index contributed by atoms with van der Waals surface area (Å²) in [6, 6.07) is 7.25. The first-order valence-corrected chi connectivity index (χ1v) is 9.85. The van der Waals surface area contributed by atoms with Crippen molar-refractivity contribution in [2.75, 3.05) is 29.5 Å². The van der Waals surface area contributed by atoms with Gasteiger partial charge in [0, 0.05) is 25.6 Å². The summed E-state index contributed by atoms with van der Waals surface area (Å²) in [6.45, 7) is 4.75. The lowest BCUT2D eigenvalue weighted by Crippen LogP contribution is -2.52. The molecule has 1 heterocycles. The number of para-hydroxylation sites is 2. The molecule has 4 N–H and O–H groups in total. The lowest BCUT2D eigenvalue weighted by atomic mass is 10.0. The van der Waals surface area contributed by atoms with Crippen LogP contribution >= 0.6 is 0 Å². The van der Waals surface area contributed by atoms with Crippen LogP contribution in [0.1, 0.15) is 26.7 Å². The first kappa shape index (κ1) is 20.7. The van der Waals surface area contributed by atoms with Gasteiger partial charge in [0.05, 0.1) is 24.0 Å². The van der Waals surface area contributed by atoms with Crippen LogP contribution in [0.15, 0.2) is 59.5 Å². The molecule has 1 aromatic rings. The maximum atomic E-state index is 13.7. The average molecular weight is 396 g/mol. The Balaban J connectivity index is 1.99. The molecule has 154 valence electrons. The Kier molecular flexibility index (Phi) is 6.39. The van der Waals surface area contributed by atoms with Crippen molar-refractivity contribution in [1.29, 1.82) is 0 Å². The number of amides is 2. The number of carbonyl (C=O) groups excluding carboxylic acids is 2. The molecule has 1 atom stereocenters. The fourth-order valence-corrected chi connectivity index (χ4v) is 3.71. The number of allylic oxidation sites excluding steroid dienone is 3. The monoisotopic (exact) mass is 396 g/mol. The van der Waals surface area contributed by atoms with Gasteiger partial charge in [-0.3, -0.25) is 9.59 Å². The molecule has 1 unspecified atom stereocenters. The van der Waals surface area contributed by atoms with Crippen LogP contribution in [0, 0.1) is 0 Å². The summed E-state index contributed by atoms with van der Waals surface area (Å²) in [4.78, 5) is 29.3. The van der Waals surface area contributed by atoms with Crippen LogP contribution in [0.25, 0.3) is 0 Å². The smallest absolute Gasteiger partial charge is 0.263 e. The Morgan fingerprint density at radius 3 is 2.66 bits per heavy atom. The molecule has 0 aromatic heterocycles. The summed E-state index contributed by atoms with van der Waals surface area (Å²) < 4.78 is 5.85. The lowest BCUT2D eigenvalue weighted by Gasteiger charge is -2.41. The third-order valence-corrected chi connectivity index (χ3v) is 5.01. The number of nitrogens with zero attached hydrogens (tertiary/aromatic N) is 2. The van der Waals surface area contributed by atoms with Gasteiger partial charge in [-0.1, -0.05) is 24.3 Å². The van der Waals surface area contributed by atoms with Crippen LogP contribution in [-0.2, 0) is 14.3 Å². The molecule has 1 aliphatic heterocycles. The maximum absolute atomic E-state index is 13.7. The normalized spacial score (nSPS) is 18.9. The average Bonchev–Trinajstić information content (AvgIpc) is 2.87. The van der Waals surface area contributed by atoms with E-state index >= 15 is 0 Å². The Morgan fingerprint density at radius 2 is 1.97 bits per heavy atom. The summed E-state index contributed by atoms with van der Waals surface area (Å²) in [5.41, 5.74) is 14.1. The zero-order valence-electron chi connectivity index (χ0n) is 16.9. The fraction of sp³-hybridized carbons (Fsp3) is 0.364. The minimum absolute atomic E-state index is 0.0554. The number of fused-ring (bicyclic) bond motifs is 1. The summed E-state index contributed by atoms with van der Waals surface area (Å²) in [6.07, 6.45) is 6.65. The quantitative estimate of drug-likeness (QED) is 0.743. The van der Waals surface area contributed by atoms with Gasteiger partial charge < -0.3 is 26.0 Å². The molecule has 2 amide bonds. The molecule has 0 radical (unpaired) electrons. The molecular weight excluding hydrogens is 368 g/mol. The number of rotatable bonds is 5. The second-order valence-electron chi connectivity index (χ2n) is 7.20. The van der Waals surface area contributed by atoms with Gasteiger partial charge >= 0.3 is 0 Å². The number of hydrogen-bond acceptors (Lipinski definition) is 5. The highest BCUT2D eigenvalue weighted by atomic mass is 16.5. The molecule has 3 rings (SSSR count). The van der Waals surface area contributed by atoms with E-state index in [1.807, 2.05) is 43.3 Å². The van der Waals surface area contributed by atoms with E-state index in [2.05, 4.69) is 0 Å². The number of ether oxygens (including phenoxy) is 1. The Bertz CT molecular complexity index is 888. The molecular formula is C22H28N4O3. The van der Waals surface area contributed by atoms with E-state index in [0.29, 0.717) is 60.9 Å². The van der Waals surface area contributed by atoms with Crippen molar-refractivity contribution in [3.8, 4) is 0 Å². The predicted molar refractivity (Wildman–Crippen MR) is 114 cm³/mol. The van der Waals surface area contributed by atoms with Crippen molar-refractivity contribution < 1.29 is 14.3 Å². The van der Waals surface area contributed by atoms with Crippen molar-refractivity contribution in [2.45, 2.75) is 32.7 Å². The van der Waals surface area contributed by atoms with Crippen LogP contribution < -0.4 is 21.3 Å². The van der Waals surface area contributed by atoms with E-state index in [0.717, 1.165) is 0 Å². The predicted octanol–water partition coefficient (Wildman–Crippen LogP) is 2.20. The highest BCUT2D eigenvalue weighted by molar-refractivity contribution is 6.12. The third-order valence-electron chi connectivity index (χ3n) is 5.01. The molecule has 0 spiro atoms. The first-order valence-electron chi connectivity index (χ1n) is 9.85. The zero-order chi connectivity index (χ0) is 21.0. The van der Waals surface area contributed by atoms with Crippen molar-refractivity contribution in [3.63, 3.8) is 0 Å². The Labute approximate surface area is 171 Å². The topological polar surface area (TPSA) is 102 Å². The molecule has 0 fully saturated rings. The number of nitrogens with two attached hydrogens (primary N) is 2. The van der Waals surface area contributed by atoms with Gasteiger partial charge in [0.2, 0.25) is 5.91 Å². The molecule has 7 nitrogen and oxygen atoms in total. The summed E-state index contributed by atoms with van der Waals surface area (Å²) in [7, 11) is 0. The highest BCUT2D eigenvalue weighted by Gasteiger charge is 2.36. The number of carbonyl (C=O) groups is 2. The second-order valence-corrected chi connectivity index (χ2v) is 7.20. The summed E-state index contributed by atoms with van der Waals surface area (Å²) in [5, 5.41) is 0. The molecule has 0 saturated heterocycles. The fourth-order valence-electron chi connectivity index (χ4n) is 3.71. The van der Waals surface area contributed by atoms with Gasteiger partial charge in [-0.2, -0.15) is 0 Å². The SMILES string of the molecule is CC(=O)N1c2ccccc2N(C(=O)C2=C(N)CC=CC=C2OCCCN)CC1C. The first-order chi connectivity index (χ1) is 14.0. The van der Waals surface area contributed by atoms with Crippen LogP contribution in [-0.4, -0.2) is 37.6 Å². The molecule has 29 heavy (non-hydrogen) atoms. The van der Waals surface area contributed by atoms with E-state index in [1.54, 1.807) is 15.9 Å². The Hall–Kier alpha value is -3.06. The van der Waals surface area contributed by atoms with Crippen molar-refractivity contribution in [2.24, 2.45) is 11.5 Å². The van der Waals surface area contributed by atoms with E-state index in [1.165, 1.54) is 6.92 Å². The lowest BCUT2D eigenvalue weighted by molar-refractivity contribution is -0.118. The highest BCUT2D eigenvalue weighted by Crippen LogP contribution is 2.37. The van der Waals surface area contributed by atoms with Crippen LogP contribution in [0.2, 0.25) is 0 Å². The van der Waals surface area contributed by atoms with Gasteiger partial charge in [0.1, 0.15) is 11.3 Å². The van der Waals surface area contributed by atoms with E-state index in [4.69, 9.17) is 16.2 Å². The molecule has 2 aliphatic rings. The van der Waals surface area contributed by atoms with Crippen LogP contribution in [0.4, 0.5) is 11.4 Å². The summed E-state index contributed by atoms with van der Waals surface area (Å²) >= 11 is 0. The van der Waals surface area contributed by atoms with Gasteiger partial charge in [0.15, 0.2) is 0 Å². The van der Waals surface area contributed by atoms with Gasteiger partial charge in [-0.05, 0) is 38.1 Å². The largest absolute Gasteiger partial charge is 0.493 e. The van der Waals surface area contributed by atoms with Crippen LogP contribution in [0.5, 0.6) is 0 Å². The van der Waals surface area contributed by atoms with Gasteiger partial charge in [0.25, 0.3) is 5.91 Å². The summed E-state index contributed by atoms with van der Waals surface area (Å²) in [5.74, 6) is 0.168. The third kappa shape index (κ3) is 4.19. The minimum Gasteiger partial charge on any atom is -0.493 e. The number of benzene rings is 1. The molecule has 7 heteroatoms. The number of anilines is 2.